The average molecular weight is 343 g/mol. The summed E-state index contributed by atoms with van der Waals surface area (Å²) >= 11 is 0. The fraction of sp³-hybridized carbons (Fsp3) is 0.300. The first-order valence-electron chi connectivity index (χ1n) is 8.09. The molecule has 0 saturated heterocycles. The van der Waals surface area contributed by atoms with E-state index >= 15 is 0 Å². The van der Waals surface area contributed by atoms with Crippen LogP contribution in [-0.4, -0.2) is 22.5 Å². The van der Waals surface area contributed by atoms with E-state index in [0.29, 0.717) is 4.90 Å². The second kappa shape index (κ2) is 8.27. The molecular formula is C20H25NO2S. The molecule has 0 aliphatic heterocycles. The summed E-state index contributed by atoms with van der Waals surface area (Å²) in [6, 6.07) is 19.0. The molecule has 0 heterocycles. The Morgan fingerprint density at radius 1 is 1.00 bits per heavy atom. The highest BCUT2D eigenvalue weighted by atomic mass is 32.2. The van der Waals surface area contributed by atoms with Gasteiger partial charge in [0.15, 0.2) is 0 Å². The topological polar surface area (TPSA) is 49.7 Å². The van der Waals surface area contributed by atoms with Gasteiger partial charge in [-0.25, -0.2) is 8.57 Å². The molecule has 1 N–H and O–H groups in total. The molecule has 0 bridgehead atoms. The number of aliphatic hydroxyl groups excluding tert-OH is 1. The van der Waals surface area contributed by atoms with Gasteiger partial charge in [-0.15, -0.1) is 0 Å². The predicted molar refractivity (Wildman–Crippen MR) is 100 cm³/mol. The Balaban J connectivity index is 2.42. The van der Waals surface area contributed by atoms with E-state index in [1.54, 1.807) is 12.5 Å². The second-order valence-electron chi connectivity index (χ2n) is 6.06. The van der Waals surface area contributed by atoms with Crippen molar-refractivity contribution in [2.24, 2.45) is 10.3 Å². The van der Waals surface area contributed by atoms with E-state index in [1.807, 2.05) is 80.6 Å². The van der Waals surface area contributed by atoms with E-state index in [1.165, 1.54) is 0 Å². The molecule has 3 atom stereocenters. The van der Waals surface area contributed by atoms with Gasteiger partial charge in [-0.3, -0.25) is 0 Å². The molecule has 128 valence electrons. The lowest BCUT2D eigenvalue weighted by Crippen LogP contribution is -2.23. The molecule has 0 aliphatic carbocycles. The van der Waals surface area contributed by atoms with Crippen LogP contribution in [0.15, 0.2) is 81.4 Å². The van der Waals surface area contributed by atoms with Crippen LogP contribution in [0.4, 0.5) is 0 Å². The van der Waals surface area contributed by atoms with Crippen LogP contribution in [0.3, 0.4) is 0 Å². The Morgan fingerprint density at radius 3 is 2.04 bits per heavy atom. The number of benzene rings is 2. The minimum Gasteiger partial charge on any atom is -0.392 e. The highest BCUT2D eigenvalue weighted by molar-refractivity contribution is 7.96. The van der Waals surface area contributed by atoms with Crippen LogP contribution in [-0.2, 0) is 9.73 Å². The molecule has 0 aliphatic rings. The fourth-order valence-electron chi connectivity index (χ4n) is 2.56. The lowest BCUT2D eigenvalue weighted by Gasteiger charge is -2.23. The second-order valence-corrected chi connectivity index (χ2v) is 8.31. The summed E-state index contributed by atoms with van der Waals surface area (Å²) in [5, 5.41) is 12.2. The molecule has 3 nitrogen and oxygen atoms in total. The zero-order valence-corrected chi connectivity index (χ0v) is 15.2. The van der Waals surface area contributed by atoms with E-state index in [-0.39, 0.29) is 11.8 Å². The van der Waals surface area contributed by atoms with Gasteiger partial charge in [0.2, 0.25) is 0 Å². The van der Waals surface area contributed by atoms with E-state index < -0.39 is 15.8 Å². The highest BCUT2D eigenvalue weighted by Gasteiger charge is 2.22. The number of nitrogens with zero attached hydrogens (tertiary/aromatic N) is 1. The van der Waals surface area contributed by atoms with Crippen molar-refractivity contribution < 1.29 is 9.32 Å². The Kier molecular flexibility index (Phi) is 6.35. The summed E-state index contributed by atoms with van der Waals surface area (Å²) in [4.78, 5) is 0.676. The van der Waals surface area contributed by atoms with E-state index in [2.05, 4.69) is 4.36 Å². The maximum absolute atomic E-state index is 13.1. The summed E-state index contributed by atoms with van der Waals surface area (Å²) in [5.41, 5.74) is 1.00. The predicted octanol–water partition coefficient (Wildman–Crippen LogP) is 4.46. The minimum absolute atomic E-state index is 0.0891. The number of aliphatic hydroxyl groups is 1. The lowest BCUT2D eigenvalue weighted by atomic mass is 9.87. The molecule has 0 radical (unpaired) electrons. The summed E-state index contributed by atoms with van der Waals surface area (Å²) in [5.74, 6) is -0.135. The number of rotatable bonds is 6. The standard InChI is InChI=1S/C20H25NO2S/c1-16(2)20(22)19(17-10-6-4-7-11-17)14-15-24(23,21-3)18-12-8-5-9-13-18/h4-16,19-20,22H,1-3H3/b15-14-/t19-,20-,24+/m0/s1. The van der Waals surface area contributed by atoms with Crippen molar-refractivity contribution >= 4 is 9.73 Å². The van der Waals surface area contributed by atoms with Crippen LogP contribution in [0.2, 0.25) is 0 Å². The van der Waals surface area contributed by atoms with Crippen molar-refractivity contribution in [3.05, 3.63) is 77.7 Å². The molecule has 0 saturated carbocycles. The average Bonchev–Trinajstić information content (AvgIpc) is 2.63. The van der Waals surface area contributed by atoms with Crippen LogP contribution in [0, 0.1) is 5.92 Å². The van der Waals surface area contributed by atoms with Crippen LogP contribution in [0.1, 0.15) is 25.3 Å². The first-order chi connectivity index (χ1) is 11.5. The normalized spacial score (nSPS) is 16.7. The molecule has 0 unspecified atom stereocenters. The van der Waals surface area contributed by atoms with Gasteiger partial charge in [-0.1, -0.05) is 68.5 Å². The summed E-state index contributed by atoms with van der Waals surface area (Å²) in [6.45, 7) is 3.96. The van der Waals surface area contributed by atoms with E-state index in [4.69, 9.17) is 0 Å². The minimum atomic E-state index is -2.63. The van der Waals surface area contributed by atoms with Crippen molar-refractivity contribution in [1.29, 1.82) is 0 Å². The largest absolute Gasteiger partial charge is 0.392 e. The van der Waals surface area contributed by atoms with Crippen molar-refractivity contribution in [2.45, 2.75) is 30.8 Å². The van der Waals surface area contributed by atoms with Gasteiger partial charge < -0.3 is 5.11 Å². The summed E-state index contributed by atoms with van der Waals surface area (Å²) in [6.07, 6.45) is 1.28. The first kappa shape index (κ1) is 18.4. The van der Waals surface area contributed by atoms with Crippen molar-refractivity contribution in [3.8, 4) is 0 Å². The molecule has 4 heteroatoms. The summed E-state index contributed by atoms with van der Waals surface area (Å²) in [7, 11) is -1.07. The van der Waals surface area contributed by atoms with E-state index in [9.17, 15) is 9.32 Å². The molecule has 24 heavy (non-hydrogen) atoms. The van der Waals surface area contributed by atoms with Crippen LogP contribution in [0.5, 0.6) is 0 Å². The zero-order chi connectivity index (χ0) is 17.6. The number of hydrogen-bond acceptors (Lipinski definition) is 3. The van der Waals surface area contributed by atoms with Crippen molar-refractivity contribution in [1.82, 2.24) is 0 Å². The lowest BCUT2D eigenvalue weighted by molar-refractivity contribution is 0.111. The monoisotopic (exact) mass is 343 g/mol. The Labute approximate surface area is 145 Å². The van der Waals surface area contributed by atoms with Gasteiger partial charge in [0, 0.05) is 18.4 Å². The van der Waals surface area contributed by atoms with Gasteiger partial charge >= 0.3 is 0 Å². The van der Waals surface area contributed by atoms with Gasteiger partial charge in [0.1, 0.15) is 0 Å². The Hall–Kier alpha value is -1.91. The van der Waals surface area contributed by atoms with Crippen LogP contribution in [0.25, 0.3) is 0 Å². The van der Waals surface area contributed by atoms with Crippen LogP contribution >= 0.6 is 0 Å². The molecule has 2 rings (SSSR count). The Morgan fingerprint density at radius 2 is 1.54 bits per heavy atom. The van der Waals surface area contributed by atoms with Crippen LogP contribution < -0.4 is 0 Å². The quantitative estimate of drug-likeness (QED) is 0.842. The highest BCUT2D eigenvalue weighted by Crippen LogP contribution is 2.27. The molecule has 0 aromatic heterocycles. The molecule has 2 aromatic rings. The first-order valence-corrected chi connectivity index (χ1v) is 9.67. The maximum atomic E-state index is 13.1. The molecule has 0 spiro atoms. The van der Waals surface area contributed by atoms with Gasteiger partial charge in [0.05, 0.1) is 20.7 Å². The van der Waals surface area contributed by atoms with Crippen molar-refractivity contribution in [2.75, 3.05) is 7.05 Å². The SMILES string of the molecule is CN=[S@@](=O)(/C=C\[C@@H](c1ccccc1)[C@@H](O)C(C)C)c1ccccc1. The van der Waals surface area contributed by atoms with Crippen molar-refractivity contribution in [3.63, 3.8) is 0 Å². The van der Waals surface area contributed by atoms with Gasteiger partial charge in [0.25, 0.3) is 0 Å². The van der Waals surface area contributed by atoms with E-state index in [0.717, 1.165) is 5.56 Å². The number of hydrogen-bond donors (Lipinski definition) is 1. The third-order valence-corrected chi connectivity index (χ3v) is 6.07. The van der Waals surface area contributed by atoms with Gasteiger partial charge in [-0.2, -0.15) is 0 Å². The fourth-order valence-corrected chi connectivity index (χ4v) is 3.98. The summed E-state index contributed by atoms with van der Waals surface area (Å²) < 4.78 is 17.3. The molecule has 0 amide bonds. The van der Waals surface area contributed by atoms with Gasteiger partial charge in [-0.05, 0) is 23.6 Å². The third-order valence-electron chi connectivity index (χ3n) is 4.06. The smallest absolute Gasteiger partial charge is 0.0963 e. The zero-order valence-electron chi connectivity index (χ0n) is 14.4. The molecule has 0 fully saturated rings. The Bertz CT molecular complexity index is 776. The third kappa shape index (κ3) is 4.34. The maximum Gasteiger partial charge on any atom is 0.0963 e. The molecule has 2 aromatic carbocycles. The molecular weight excluding hydrogens is 318 g/mol.